The fourth-order valence-electron chi connectivity index (χ4n) is 2.04. The van der Waals surface area contributed by atoms with E-state index < -0.39 is 11.2 Å². The number of rotatable bonds is 4. The van der Waals surface area contributed by atoms with Crippen LogP contribution in [0.3, 0.4) is 0 Å². The Morgan fingerprint density at radius 2 is 1.85 bits per heavy atom. The van der Waals surface area contributed by atoms with Gasteiger partial charge in [0.25, 0.3) is 5.24 Å². The van der Waals surface area contributed by atoms with Crippen LogP contribution in [0.25, 0.3) is 0 Å². The minimum atomic E-state index is -0.585. The molecule has 0 aliphatic heterocycles. The molecule has 4 nitrogen and oxygen atoms in total. The highest BCUT2D eigenvalue weighted by molar-refractivity contribution is 6.68. The second-order valence-corrected chi connectivity index (χ2v) is 4.80. The monoisotopic (exact) mass is 291 g/mol. The van der Waals surface area contributed by atoms with Gasteiger partial charge in [0.05, 0.1) is 5.56 Å². The lowest BCUT2D eigenvalue weighted by atomic mass is 10.1. The Morgan fingerprint density at radius 1 is 1.20 bits per heavy atom. The third kappa shape index (κ3) is 2.91. The molecule has 20 heavy (non-hydrogen) atoms. The smallest absolute Gasteiger partial charge is 0.355 e. The first kappa shape index (κ1) is 14.3. The number of nitrogens with one attached hydrogen (secondary N) is 1. The first-order chi connectivity index (χ1) is 9.50. The summed E-state index contributed by atoms with van der Waals surface area (Å²) in [5, 5.41) is -0.585. The van der Waals surface area contributed by atoms with E-state index in [1.807, 2.05) is 30.3 Å². The highest BCUT2D eigenvalue weighted by Gasteiger charge is 2.21. The van der Waals surface area contributed by atoms with E-state index in [0.717, 1.165) is 5.56 Å². The SMILES string of the molecule is Cc1[nH]c(C(=O)OCc2ccccc2)c(C)c1C(=O)Cl. The quantitative estimate of drug-likeness (QED) is 0.694. The number of benzene rings is 1. The molecule has 0 aliphatic rings. The summed E-state index contributed by atoms with van der Waals surface area (Å²) in [7, 11) is 0. The second kappa shape index (κ2) is 5.92. The summed E-state index contributed by atoms with van der Waals surface area (Å²) < 4.78 is 5.22. The molecule has 0 atom stereocenters. The number of carbonyl (C=O) groups excluding carboxylic acids is 2. The number of halogens is 1. The van der Waals surface area contributed by atoms with Crippen molar-refractivity contribution >= 4 is 22.8 Å². The molecular weight excluding hydrogens is 278 g/mol. The fourth-order valence-corrected chi connectivity index (χ4v) is 2.33. The van der Waals surface area contributed by atoms with Gasteiger partial charge in [0.1, 0.15) is 12.3 Å². The number of carbonyl (C=O) groups is 2. The number of H-pyrrole nitrogens is 1. The molecule has 2 rings (SSSR count). The molecule has 0 fully saturated rings. The zero-order valence-electron chi connectivity index (χ0n) is 11.2. The van der Waals surface area contributed by atoms with Crippen molar-refractivity contribution in [3.8, 4) is 0 Å². The van der Waals surface area contributed by atoms with Crippen LogP contribution in [0.1, 0.15) is 37.7 Å². The topological polar surface area (TPSA) is 59.2 Å². The number of aromatic nitrogens is 1. The van der Waals surface area contributed by atoms with Crippen LogP contribution < -0.4 is 0 Å². The molecule has 0 saturated carbocycles. The van der Waals surface area contributed by atoms with Gasteiger partial charge < -0.3 is 9.72 Å². The molecule has 2 aromatic rings. The number of esters is 1. The Labute approximate surface area is 121 Å². The van der Waals surface area contributed by atoms with Crippen LogP contribution in [0.15, 0.2) is 30.3 Å². The van der Waals surface area contributed by atoms with Gasteiger partial charge in [-0.1, -0.05) is 30.3 Å². The Morgan fingerprint density at radius 3 is 2.40 bits per heavy atom. The van der Waals surface area contributed by atoms with Crippen molar-refractivity contribution in [3.63, 3.8) is 0 Å². The van der Waals surface area contributed by atoms with Crippen LogP contribution in [0.5, 0.6) is 0 Å². The van der Waals surface area contributed by atoms with Crippen molar-refractivity contribution in [2.24, 2.45) is 0 Å². The number of hydrogen-bond acceptors (Lipinski definition) is 3. The minimum Gasteiger partial charge on any atom is -0.456 e. The van der Waals surface area contributed by atoms with E-state index in [4.69, 9.17) is 16.3 Å². The molecule has 104 valence electrons. The van der Waals surface area contributed by atoms with Crippen LogP contribution in [-0.2, 0) is 11.3 Å². The third-order valence-corrected chi connectivity index (χ3v) is 3.24. The summed E-state index contributed by atoms with van der Waals surface area (Å²) in [5.41, 5.74) is 2.57. The van der Waals surface area contributed by atoms with Crippen molar-refractivity contribution in [1.82, 2.24) is 4.98 Å². The molecule has 0 amide bonds. The van der Waals surface area contributed by atoms with E-state index in [-0.39, 0.29) is 12.3 Å². The summed E-state index contributed by atoms with van der Waals surface area (Å²) in [6.45, 7) is 3.54. The molecule has 1 aromatic carbocycles. The van der Waals surface area contributed by atoms with Gasteiger partial charge in [-0.25, -0.2) is 4.79 Å². The van der Waals surface area contributed by atoms with Gasteiger partial charge >= 0.3 is 5.97 Å². The predicted octanol–water partition coefficient (Wildman–Crippen LogP) is 3.37. The lowest BCUT2D eigenvalue weighted by Gasteiger charge is -2.04. The van der Waals surface area contributed by atoms with E-state index in [2.05, 4.69) is 4.98 Å². The van der Waals surface area contributed by atoms with Gasteiger partial charge in [-0.3, -0.25) is 4.79 Å². The van der Waals surface area contributed by atoms with E-state index in [1.165, 1.54) is 0 Å². The van der Waals surface area contributed by atoms with E-state index in [1.54, 1.807) is 13.8 Å². The summed E-state index contributed by atoms with van der Waals surface area (Å²) >= 11 is 5.49. The maximum absolute atomic E-state index is 12.0. The molecule has 0 aliphatic carbocycles. The van der Waals surface area contributed by atoms with Crippen LogP contribution in [-0.4, -0.2) is 16.2 Å². The summed E-state index contributed by atoms with van der Waals surface area (Å²) in [6.07, 6.45) is 0. The standard InChI is InChI=1S/C15H14ClNO3/c1-9-12(14(16)18)10(2)17-13(9)15(19)20-8-11-6-4-3-5-7-11/h3-7,17H,8H2,1-2H3. The molecule has 1 aromatic heterocycles. The van der Waals surface area contributed by atoms with Crippen molar-refractivity contribution in [1.29, 1.82) is 0 Å². The van der Waals surface area contributed by atoms with Gasteiger partial charge in [0.2, 0.25) is 0 Å². The zero-order chi connectivity index (χ0) is 14.7. The fraction of sp³-hybridized carbons (Fsp3) is 0.200. The molecule has 5 heteroatoms. The van der Waals surface area contributed by atoms with E-state index in [0.29, 0.717) is 16.8 Å². The van der Waals surface area contributed by atoms with Crippen LogP contribution >= 0.6 is 11.6 Å². The first-order valence-corrected chi connectivity index (χ1v) is 6.48. The van der Waals surface area contributed by atoms with Gasteiger partial charge in [-0.05, 0) is 36.6 Å². The van der Waals surface area contributed by atoms with Crippen molar-refractivity contribution in [2.45, 2.75) is 20.5 Å². The van der Waals surface area contributed by atoms with Crippen molar-refractivity contribution < 1.29 is 14.3 Å². The van der Waals surface area contributed by atoms with Gasteiger partial charge in [-0.15, -0.1) is 0 Å². The summed E-state index contributed by atoms with van der Waals surface area (Å²) in [6, 6.07) is 9.37. The Kier molecular flexibility index (Phi) is 4.25. The van der Waals surface area contributed by atoms with Gasteiger partial charge in [0, 0.05) is 5.69 Å². The van der Waals surface area contributed by atoms with Gasteiger partial charge in [-0.2, -0.15) is 0 Å². The molecule has 0 bridgehead atoms. The maximum Gasteiger partial charge on any atom is 0.355 e. The molecular formula is C15H14ClNO3. The van der Waals surface area contributed by atoms with Crippen LogP contribution in [0.2, 0.25) is 0 Å². The number of hydrogen-bond donors (Lipinski definition) is 1. The maximum atomic E-state index is 12.0. The molecule has 1 N–H and O–H groups in total. The lowest BCUT2D eigenvalue weighted by molar-refractivity contribution is 0.0465. The number of aromatic amines is 1. The molecule has 0 unspecified atom stereocenters. The number of ether oxygens (including phenoxy) is 1. The molecule has 0 radical (unpaired) electrons. The van der Waals surface area contributed by atoms with Gasteiger partial charge in [0.15, 0.2) is 0 Å². The van der Waals surface area contributed by atoms with E-state index in [9.17, 15) is 9.59 Å². The second-order valence-electron chi connectivity index (χ2n) is 4.46. The normalized spacial score (nSPS) is 10.3. The lowest BCUT2D eigenvalue weighted by Crippen LogP contribution is -2.07. The average Bonchev–Trinajstić information content (AvgIpc) is 2.72. The largest absolute Gasteiger partial charge is 0.456 e. The Hall–Kier alpha value is -2.07. The van der Waals surface area contributed by atoms with Crippen LogP contribution in [0, 0.1) is 13.8 Å². The third-order valence-electron chi connectivity index (χ3n) is 3.05. The zero-order valence-corrected chi connectivity index (χ0v) is 12.0. The first-order valence-electron chi connectivity index (χ1n) is 6.10. The predicted molar refractivity (Wildman–Crippen MR) is 76.0 cm³/mol. The number of aryl methyl sites for hydroxylation is 1. The van der Waals surface area contributed by atoms with E-state index >= 15 is 0 Å². The highest BCUT2D eigenvalue weighted by atomic mass is 35.5. The molecule has 0 spiro atoms. The van der Waals surface area contributed by atoms with Crippen molar-refractivity contribution in [3.05, 3.63) is 58.4 Å². The Bertz CT molecular complexity index is 647. The highest BCUT2D eigenvalue weighted by Crippen LogP contribution is 2.20. The van der Waals surface area contributed by atoms with Crippen molar-refractivity contribution in [2.75, 3.05) is 0 Å². The summed E-state index contributed by atoms with van der Waals surface area (Å²) in [4.78, 5) is 26.2. The van der Waals surface area contributed by atoms with Crippen LogP contribution in [0.4, 0.5) is 0 Å². The average molecular weight is 292 g/mol. The molecule has 1 heterocycles. The Balaban J connectivity index is 2.14. The minimum absolute atomic E-state index is 0.182. The summed E-state index contributed by atoms with van der Waals surface area (Å²) in [5.74, 6) is -0.501. The molecule has 0 saturated heterocycles.